The van der Waals surface area contributed by atoms with Crippen LogP contribution in [0.4, 0.5) is 0 Å². The van der Waals surface area contributed by atoms with Crippen LogP contribution in [0.2, 0.25) is 0 Å². The average Bonchev–Trinajstić information content (AvgIpc) is 3.37. The zero-order valence-corrected chi connectivity index (χ0v) is 33.0. The van der Waals surface area contributed by atoms with Crippen LogP contribution >= 0.6 is 0 Å². The molecule has 1 aliphatic heterocycles. The number of rotatable bonds is 22. The fraction of sp³-hybridized carbons (Fsp3) is 0.619. The number of unbranched alkanes of at least 4 members (excludes halogenated alkanes) is 8. The zero-order chi connectivity index (χ0) is 34.4. The first-order chi connectivity index (χ1) is 22.8. The Bertz CT molecular complexity index is 1240. The molecule has 0 amide bonds. The van der Waals surface area contributed by atoms with Crippen LogP contribution < -0.4 is 0 Å². The molecule has 0 spiro atoms. The first-order valence-electron chi connectivity index (χ1n) is 19.0. The molecule has 0 saturated carbocycles. The van der Waals surface area contributed by atoms with E-state index in [1.54, 1.807) is 4.70 Å². The molecule has 266 valence electrons. The molecule has 0 aliphatic carbocycles. The summed E-state index contributed by atoms with van der Waals surface area (Å²) in [4.78, 5) is 0. The summed E-state index contributed by atoms with van der Waals surface area (Å²) in [7, 11) is 4.31. The van der Waals surface area contributed by atoms with Crippen molar-refractivity contribution < 1.29 is 23.2 Å². The summed E-state index contributed by atoms with van der Waals surface area (Å²) in [5.41, 5.74) is 21.8. The standard InChI is InChI=1S/C36H52N2.2C3H8N.Pd/c1-5-9-13-14-15-16-26-34-33(25-12-8-4)35(31-23-17-21-29(27-31)19-10-6-2)38(37)36(34)32-24-18-22-30(28-32)20-11-7-3;2*1-3-4-2;/h17-18,21-24,27-28H,5-16,19-20,25-26H2,1-4H3;2*3H2,1-2H3;/q;2*-1;+2. The Kier molecular flexibility index (Phi) is 21.3. The molecule has 3 rings (SSSR count). The van der Waals surface area contributed by atoms with Crippen molar-refractivity contribution in [2.75, 3.05) is 27.2 Å². The Hall–Kier alpha value is -1.90. The van der Waals surface area contributed by atoms with Crippen LogP contribution in [0.25, 0.3) is 16.9 Å². The molecule has 0 bridgehead atoms. The Morgan fingerprint density at radius 1 is 0.532 bits per heavy atom. The molecule has 5 heteroatoms. The van der Waals surface area contributed by atoms with Crippen molar-refractivity contribution in [1.29, 1.82) is 0 Å². The maximum absolute atomic E-state index is 11.9. The van der Waals surface area contributed by atoms with Gasteiger partial charge in [0.15, 0.2) is 0 Å². The third-order valence-electron chi connectivity index (χ3n) is 9.01. The van der Waals surface area contributed by atoms with Crippen molar-refractivity contribution in [3.8, 4) is 0 Å². The van der Waals surface area contributed by atoms with Gasteiger partial charge in [-0.3, -0.25) is 0 Å². The molecule has 0 radical (unpaired) electrons. The predicted molar refractivity (Wildman–Crippen MR) is 202 cm³/mol. The van der Waals surface area contributed by atoms with Crippen LogP contribution in [0.3, 0.4) is 0 Å². The van der Waals surface area contributed by atoms with Crippen molar-refractivity contribution in [1.82, 2.24) is 7.07 Å². The summed E-state index contributed by atoms with van der Waals surface area (Å²) >= 11 is 0.663. The first kappa shape index (κ1) is 41.3. The van der Waals surface area contributed by atoms with Crippen LogP contribution in [0.5, 0.6) is 0 Å². The molecule has 0 atom stereocenters. The summed E-state index contributed by atoms with van der Waals surface area (Å²) in [5.74, 6) is 0. The first-order valence-corrected chi connectivity index (χ1v) is 20.4. The molecule has 0 aromatic heterocycles. The second kappa shape index (κ2) is 24.3. The van der Waals surface area contributed by atoms with E-state index in [1.165, 1.54) is 86.5 Å². The fourth-order valence-electron chi connectivity index (χ4n) is 6.00. The third kappa shape index (κ3) is 14.2. The van der Waals surface area contributed by atoms with Gasteiger partial charge in [0.25, 0.3) is 0 Å². The van der Waals surface area contributed by atoms with Gasteiger partial charge in [-0.15, -0.1) is 0 Å². The van der Waals surface area contributed by atoms with Crippen molar-refractivity contribution in [2.45, 2.75) is 144 Å². The quantitative estimate of drug-likeness (QED) is 0.0685. The summed E-state index contributed by atoms with van der Waals surface area (Å²) < 4.78 is 6.23. The Labute approximate surface area is 299 Å². The number of hydrogen-bond donors (Lipinski definition) is 0. The van der Waals surface area contributed by atoms with Gasteiger partial charge in [-0.05, 0) is 86.8 Å². The normalized spacial score (nSPS) is 13.4. The molecule has 0 unspecified atom stereocenters. The Morgan fingerprint density at radius 2 is 0.936 bits per heavy atom. The SMILES string of the molecule is CCCCCCCCC1=C(c2cccc(CCCC)c2)[N+](=[N-])C(c2cccc(CCCC)c2)=C1CCCC.CC[N](C)[Pd][N](C)CC. The molecule has 1 aliphatic rings. The Morgan fingerprint density at radius 3 is 1.38 bits per heavy atom. The minimum absolute atomic E-state index is 0.663. The average molecular weight is 735 g/mol. The van der Waals surface area contributed by atoms with Crippen molar-refractivity contribution in [3.05, 3.63) is 87.5 Å². The van der Waals surface area contributed by atoms with E-state index in [1.807, 2.05) is 0 Å². The van der Waals surface area contributed by atoms with E-state index in [2.05, 4.69) is 111 Å². The number of nitrogens with zero attached hydrogens (tertiary/aromatic N) is 4. The van der Waals surface area contributed by atoms with Crippen LogP contribution in [-0.4, -0.2) is 38.9 Å². The summed E-state index contributed by atoms with van der Waals surface area (Å²) in [5, 5.41) is 0. The molecule has 1 heterocycles. The fourth-order valence-corrected chi connectivity index (χ4v) is 7.35. The maximum atomic E-state index is 11.9. The van der Waals surface area contributed by atoms with E-state index in [9.17, 15) is 5.53 Å². The van der Waals surface area contributed by atoms with Gasteiger partial charge in [-0.2, -0.15) is 0 Å². The molecule has 2 aromatic rings. The van der Waals surface area contributed by atoms with Crippen LogP contribution in [0, 0.1) is 0 Å². The molecular formula is C42H68N4Pd. The molecule has 0 saturated heterocycles. The number of allylic oxidation sites excluding steroid dienone is 2. The number of aryl methyl sites for hydroxylation is 2. The molecule has 0 N–H and O–H groups in total. The van der Waals surface area contributed by atoms with Crippen molar-refractivity contribution in [2.24, 2.45) is 0 Å². The van der Waals surface area contributed by atoms with E-state index in [0.717, 1.165) is 74.1 Å². The molecule has 2 aromatic carbocycles. The topological polar surface area (TPSA) is 31.8 Å². The summed E-state index contributed by atoms with van der Waals surface area (Å²) in [6.07, 6.45) is 19.1. The van der Waals surface area contributed by atoms with E-state index >= 15 is 0 Å². The van der Waals surface area contributed by atoms with E-state index in [0.29, 0.717) is 18.5 Å². The second-order valence-corrected chi connectivity index (χ2v) is 15.7. The van der Waals surface area contributed by atoms with Crippen molar-refractivity contribution >= 4 is 11.4 Å². The van der Waals surface area contributed by atoms with Crippen LogP contribution in [0.1, 0.15) is 154 Å². The van der Waals surface area contributed by atoms with Crippen molar-refractivity contribution in [3.63, 3.8) is 0 Å². The summed E-state index contributed by atoms with van der Waals surface area (Å²) in [6, 6.07) is 17.9. The second-order valence-electron chi connectivity index (χ2n) is 13.0. The van der Waals surface area contributed by atoms with Gasteiger partial charge in [0.1, 0.15) is 0 Å². The third-order valence-corrected chi connectivity index (χ3v) is 11.1. The van der Waals surface area contributed by atoms with E-state index < -0.39 is 0 Å². The number of hydrogen-bond acceptors (Lipinski definition) is 2. The molecular weight excluding hydrogens is 667 g/mol. The number of benzene rings is 2. The zero-order valence-electron chi connectivity index (χ0n) is 31.5. The monoisotopic (exact) mass is 734 g/mol. The van der Waals surface area contributed by atoms with Gasteiger partial charge in [0.2, 0.25) is 11.4 Å². The van der Waals surface area contributed by atoms with Gasteiger partial charge in [-0.1, -0.05) is 103 Å². The molecule has 47 heavy (non-hydrogen) atoms. The predicted octanol–water partition coefficient (Wildman–Crippen LogP) is 12.3. The van der Waals surface area contributed by atoms with E-state index in [4.69, 9.17) is 0 Å². The Balaban J connectivity index is 0.000000745. The summed E-state index contributed by atoms with van der Waals surface area (Å²) in [6.45, 7) is 15.7. The van der Waals surface area contributed by atoms with Crippen LogP contribution in [-0.2, 0) is 31.3 Å². The van der Waals surface area contributed by atoms with Gasteiger partial charge >= 0.3 is 66.6 Å². The van der Waals surface area contributed by atoms with Gasteiger partial charge in [0.05, 0.1) is 0 Å². The van der Waals surface area contributed by atoms with Gasteiger partial charge in [0, 0.05) is 22.3 Å². The minimum atomic E-state index is 0.663. The van der Waals surface area contributed by atoms with Crippen LogP contribution in [0.15, 0.2) is 59.7 Å². The molecule has 4 nitrogen and oxygen atoms in total. The van der Waals surface area contributed by atoms with Gasteiger partial charge in [-0.25, -0.2) is 4.70 Å². The van der Waals surface area contributed by atoms with Gasteiger partial charge < -0.3 is 5.53 Å². The van der Waals surface area contributed by atoms with E-state index in [-0.39, 0.29) is 0 Å². The molecule has 0 fully saturated rings.